The molecule has 0 fully saturated rings. The van der Waals surface area contributed by atoms with Crippen LogP contribution >= 0.6 is 0 Å². The Morgan fingerprint density at radius 2 is 1.35 bits per heavy atom. The van der Waals surface area contributed by atoms with Crippen molar-refractivity contribution < 1.29 is 0 Å². The molecule has 0 bridgehead atoms. The van der Waals surface area contributed by atoms with Crippen molar-refractivity contribution in [2.24, 2.45) is 0 Å². The highest BCUT2D eigenvalue weighted by molar-refractivity contribution is 5.81. The van der Waals surface area contributed by atoms with Gasteiger partial charge in [0.1, 0.15) is 0 Å². The molecule has 4 aromatic rings. The average Bonchev–Trinajstić information content (AvgIpc) is 2.68. The van der Waals surface area contributed by atoms with Crippen LogP contribution in [0.5, 0.6) is 0 Å². The Morgan fingerprint density at radius 3 is 2.12 bits per heavy atom. The lowest BCUT2D eigenvalue weighted by molar-refractivity contribution is 0.342. The molecule has 0 N–H and O–H groups in total. The molecule has 0 radical (unpaired) electrons. The number of fused-ring (bicyclic) bond motifs is 1. The Hall–Kier alpha value is -3.04. The standard InChI is InChI=1S/C23H21N3/c1-26(2)23(17-7-4-3-5-8-17)20-10-6-9-18(15-20)19-11-12-21-22(16-19)25-14-13-24-21/h3-16,23H,1-2H3/t23-/m0/s1. The van der Waals surface area contributed by atoms with Gasteiger partial charge in [-0.3, -0.25) is 14.9 Å². The first-order valence-electron chi connectivity index (χ1n) is 8.75. The maximum absolute atomic E-state index is 4.43. The topological polar surface area (TPSA) is 29.0 Å². The molecule has 0 aliphatic carbocycles. The van der Waals surface area contributed by atoms with Gasteiger partial charge in [0, 0.05) is 12.4 Å². The zero-order chi connectivity index (χ0) is 17.9. The summed E-state index contributed by atoms with van der Waals surface area (Å²) in [4.78, 5) is 11.0. The van der Waals surface area contributed by atoms with Crippen molar-refractivity contribution >= 4 is 11.0 Å². The van der Waals surface area contributed by atoms with E-state index >= 15 is 0 Å². The van der Waals surface area contributed by atoms with Gasteiger partial charge in [-0.05, 0) is 54.5 Å². The van der Waals surface area contributed by atoms with Crippen LogP contribution < -0.4 is 0 Å². The Morgan fingerprint density at radius 1 is 0.654 bits per heavy atom. The molecule has 128 valence electrons. The predicted octanol–water partition coefficient (Wildman–Crippen LogP) is 4.95. The van der Waals surface area contributed by atoms with Gasteiger partial charge in [-0.25, -0.2) is 0 Å². The minimum Gasteiger partial charge on any atom is -0.299 e. The van der Waals surface area contributed by atoms with E-state index in [9.17, 15) is 0 Å². The number of nitrogens with zero attached hydrogens (tertiary/aromatic N) is 3. The van der Waals surface area contributed by atoms with E-state index in [1.165, 1.54) is 16.7 Å². The SMILES string of the molecule is CN(C)[C@@H](c1ccccc1)c1cccc(-c2ccc3nccnc3c2)c1. The van der Waals surface area contributed by atoms with Gasteiger partial charge in [0.05, 0.1) is 17.1 Å². The quantitative estimate of drug-likeness (QED) is 0.527. The second kappa shape index (κ2) is 7.06. The van der Waals surface area contributed by atoms with Crippen molar-refractivity contribution in [3.05, 3.63) is 96.3 Å². The molecule has 3 heteroatoms. The smallest absolute Gasteiger partial charge is 0.0892 e. The van der Waals surface area contributed by atoms with Gasteiger partial charge in [-0.15, -0.1) is 0 Å². The average molecular weight is 339 g/mol. The fraction of sp³-hybridized carbons (Fsp3) is 0.130. The summed E-state index contributed by atoms with van der Waals surface area (Å²) in [6, 6.07) is 25.8. The number of aromatic nitrogens is 2. The second-order valence-corrected chi connectivity index (χ2v) is 6.66. The van der Waals surface area contributed by atoms with Crippen LogP contribution in [-0.2, 0) is 0 Å². The van der Waals surface area contributed by atoms with Crippen LogP contribution in [-0.4, -0.2) is 29.0 Å². The molecule has 0 aliphatic heterocycles. The molecular formula is C23H21N3. The van der Waals surface area contributed by atoms with Crippen LogP contribution in [0.3, 0.4) is 0 Å². The first kappa shape index (κ1) is 16.4. The van der Waals surface area contributed by atoms with Crippen molar-refractivity contribution in [2.75, 3.05) is 14.1 Å². The highest BCUT2D eigenvalue weighted by atomic mass is 15.1. The van der Waals surface area contributed by atoms with Crippen molar-refractivity contribution in [3.63, 3.8) is 0 Å². The molecule has 0 amide bonds. The van der Waals surface area contributed by atoms with Gasteiger partial charge >= 0.3 is 0 Å². The van der Waals surface area contributed by atoms with Gasteiger partial charge in [0.2, 0.25) is 0 Å². The van der Waals surface area contributed by atoms with Gasteiger partial charge in [-0.2, -0.15) is 0 Å². The third-order valence-electron chi connectivity index (χ3n) is 4.64. The molecular weight excluding hydrogens is 318 g/mol. The predicted molar refractivity (Wildman–Crippen MR) is 107 cm³/mol. The number of hydrogen-bond acceptors (Lipinski definition) is 3. The van der Waals surface area contributed by atoms with Gasteiger partial charge < -0.3 is 0 Å². The summed E-state index contributed by atoms with van der Waals surface area (Å²) in [5, 5.41) is 0. The number of hydrogen-bond donors (Lipinski definition) is 0. The lowest BCUT2D eigenvalue weighted by Gasteiger charge is -2.25. The lowest BCUT2D eigenvalue weighted by atomic mass is 9.94. The van der Waals surface area contributed by atoms with Crippen LogP contribution in [0.1, 0.15) is 17.2 Å². The second-order valence-electron chi connectivity index (χ2n) is 6.66. The highest BCUT2D eigenvalue weighted by Crippen LogP contribution is 2.30. The molecule has 0 spiro atoms. The Labute approximate surface area is 154 Å². The van der Waals surface area contributed by atoms with Gasteiger partial charge in [0.15, 0.2) is 0 Å². The molecule has 0 saturated carbocycles. The maximum atomic E-state index is 4.43. The van der Waals surface area contributed by atoms with E-state index < -0.39 is 0 Å². The normalized spacial score (nSPS) is 12.4. The molecule has 0 aliphatic rings. The Bertz CT molecular complexity index is 1030. The number of benzene rings is 3. The molecule has 0 saturated heterocycles. The van der Waals surface area contributed by atoms with Crippen molar-refractivity contribution in [2.45, 2.75) is 6.04 Å². The third kappa shape index (κ3) is 3.22. The van der Waals surface area contributed by atoms with Crippen molar-refractivity contribution in [1.29, 1.82) is 0 Å². The summed E-state index contributed by atoms with van der Waals surface area (Å²) in [6.07, 6.45) is 3.46. The summed E-state index contributed by atoms with van der Waals surface area (Å²) >= 11 is 0. The first-order chi connectivity index (χ1) is 12.7. The fourth-order valence-corrected chi connectivity index (χ4v) is 3.46. The van der Waals surface area contributed by atoms with E-state index in [0.29, 0.717) is 0 Å². The van der Waals surface area contributed by atoms with E-state index in [2.05, 4.69) is 95.7 Å². The maximum Gasteiger partial charge on any atom is 0.0892 e. The van der Waals surface area contributed by atoms with E-state index in [1.54, 1.807) is 12.4 Å². The van der Waals surface area contributed by atoms with Gasteiger partial charge in [0.25, 0.3) is 0 Å². The minimum atomic E-state index is 0.219. The van der Waals surface area contributed by atoms with E-state index in [0.717, 1.165) is 16.6 Å². The monoisotopic (exact) mass is 339 g/mol. The van der Waals surface area contributed by atoms with E-state index in [4.69, 9.17) is 0 Å². The summed E-state index contributed by atoms with van der Waals surface area (Å²) < 4.78 is 0. The lowest BCUT2D eigenvalue weighted by Crippen LogP contribution is -2.21. The van der Waals surface area contributed by atoms with E-state index in [1.807, 2.05) is 6.07 Å². The zero-order valence-electron chi connectivity index (χ0n) is 15.0. The van der Waals surface area contributed by atoms with Crippen LogP contribution in [0.2, 0.25) is 0 Å². The Balaban J connectivity index is 1.77. The summed E-state index contributed by atoms with van der Waals surface area (Å²) in [5.41, 5.74) is 6.76. The van der Waals surface area contributed by atoms with E-state index in [-0.39, 0.29) is 6.04 Å². The van der Waals surface area contributed by atoms with Crippen LogP contribution in [0.4, 0.5) is 0 Å². The van der Waals surface area contributed by atoms with Crippen LogP contribution in [0.15, 0.2) is 85.2 Å². The molecule has 1 heterocycles. The Kier molecular flexibility index (Phi) is 4.46. The molecule has 4 rings (SSSR count). The minimum absolute atomic E-state index is 0.219. The van der Waals surface area contributed by atoms with Crippen molar-refractivity contribution in [1.82, 2.24) is 14.9 Å². The molecule has 3 aromatic carbocycles. The molecule has 0 unspecified atom stereocenters. The van der Waals surface area contributed by atoms with Gasteiger partial charge in [-0.1, -0.05) is 54.6 Å². The third-order valence-corrected chi connectivity index (χ3v) is 4.64. The van der Waals surface area contributed by atoms with Crippen LogP contribution in [0.25, 0.3) is 22.2 Å². The molecule has 26 heavy (non-hydrogen) atoms. The zero-order valence-corrected chi connectivity index (χ0v) is 15.0. The largest absolute Gasteiger partial charge is 0.299 e. The highest BCUT2D eigenvalue weighted by Gasteiger charge is 2.16. The molecule has 3 nitrogen and oxygen atoms in total. The first-order valence-corrected chi connectivity index (χ1v) is 8.75. The summed E-state index contributed by atoms with van der Waals surface area (Å²) in [7, 11) is 4.24. The summed E-state index contributed by atoms with van der Waals surface area (Å²) in [5.74, 6) is 0. The molecule has 1 aromatic heterocycles. The number of rotatable bonds is 4. The molecule has 1 atom stereocenters. The fourth-order valence-electron chi connectivity index (χ4n) is 3.46. The van der Waals surface area contributed by atoms with Crippen LogP contribution in [0, 0.1) is 0 Å². The van der Waals surface area contributed by atoms with Crippen molar-refractivity contribution in [3.8, 4) is 11.1 Å². The summed E-state index contributed by atoms with van der Waals surface area (Å²) in [6.45, 7) is 0.